The summed E-state index contributed by atoms with van der Waals surface area (Å²) in [4.78, 5) is 38.7. The van der Waals surface area contributed by atoms with Crippen molar-refractivity contribution in [2.75, 3.05) is 4.90 Å². The van der Waals surface area contributed by atoms with E-state index < -0.39 is 10.8 Å². The molecule has 0 radical (unpaired) electrons. The molecule has 156 valence electrons. The summed E-state index contributed by atoms with van der Waals surface area (Å²) in [6.07, 6.45) is 1.04. The van der Waals surface area contributed by atoms with Gasteiger partial charge < -0.3 is 0 Å². The van der Waals surface area contributed by atoms with E-state index in [4.69, 9.17) is 5.26 Å². The SMILES string of the molecule is CC1(C)CC(=O)C2=C(C1)N(c1ccc(C#N)cc1)C(=O)CC2c1ccc([N+](=O)[O-])cc1. The van der Waals surface area contributed by atoms with Gasteiger partial charge in [-0.1, -0.05) is 26.0 Å². The number of nitrogens with zero attached hydrogens (tertiary/aromatic N) is 3. The molecule has 2 aliphatic rings. The van der Waals surface area contributed by atoms with E-state index in [1.165, 1.54) is 12.1 Å². The van der Waals surface area contributed by atoms with Gasteiger partial charge in [0.15, 0.2) is 5.78 Å². The summed E-state index contributed by atoms with van der Waals surface area (Å²) in [7, 11) is 0. The highest BCUT2D eigenvalue weighted by Crippen LogP contribution is 2.48. The number of amides is 1. The van der Waals surface area contributed by atoms with Crippen molar-refractivity contribution in [3.05, 3.63) is 81.0 Å². The van der Waals surface area contributed by atoms with Crippen molar-refractivity contribution in [2.24, 2.45) is 5.41 Å². The number of ketones is 1. The van der Waals surface area contributed by atoms with Crippen LogP contribution in [0.2, 0.25) is 0 Å². The molecule has 7 heteroatoms. The van der Waals surface area contributed by atoms with E-state index in [1.54, 1.807) is 41.3 Å². The van der Waals surface area contributed by atoms with E-state index in [1.807, 2.05) is 13.8 Å². The van der Waals surface area contributed by atoms with Crippen molar-refractivity contribution in [1.82, 2.24) is 0 Å². The lowest BCUT2D eigenvalue weighted by Crippen LogP contribution is -2.43. The highest BCUT2D eigenvalue weighted by molar-refractivity contribution is 6.07. The van der Waals surface area contributed by atoms with Gasteiger partial charge in [-0.05, 0) is 41.7 Å². The number of Topliss-reactive ketones (excluding diaryl/α,β-unsaturated/α-hetero) is 1. The van der Waals surface area contributed by atoms with E-state index in [0.29, 0.717) is 35.4 Å². The molecule has 1 atom stereocenters. The maximum absolute atomic E-state index is 13.3. The topological polar surface area (TPSA) is 104 Å². The normalized spacial score (nSPS) is 20.3. The second-order valence-corrected chi connectivity index (χ2v) is 8.79. The Bertz CT molecular complexity index is 1150. The van der Waals surface area contributed by atoms with Crippen LogP contribution in [0, 0.1) is 26.9 Å². The van der Waals surface area contributed by atoms with Crippen LogP contribution in [0.15, 0.2) is 59.8 Å². The van der Waals surface area contributed by atoms with Gasteiger partial charge >= 0.3 is 0 Å². The molecule has 0 N–H and O–H groups in total. The van der Waals surface area contributed by atoms with Crippen molar-refractivity contribution in [1.29, 1.82) is 5.26 Å². The van der Waals surface area contributed by atoms with Crippen molar-refractivity contribution in [2.45, 2.75) is 39.0 Å². The smallest absolute Gasteiger partial charge is 0.269 e. The van der Waals surface area contributed by atoms with E-state index in [2.05, 4.69) is 6.07 Å². The highest BCUT2D eigenvalue weighted by atomic mass is 16.6. The summed E-state index contributed by atoms with van der Waals surface area (Å²) in [6.45, 7) is 4.01. The minimum atomic E-state index is -0.471. The largest absolute Gasteiger partial charge is 0.294 e. The summed E-state index contributed by atoms with van der Waals surface area (Å²) >= 11 is 0. The Morgan fingerprint density at radius 1 is 1.06 bits per heavy atom. The van der Waals surface area contributed by atoms with Crippen molar-refractivity contribution >= 4 is 23.1 Å². The van der Waals surface area contributed by atoms with Crippen LogP contribution in [-0.2, 0) is 9.59 Å². The number of nitro groups is 1. The number of non-ortho nitro benzene ring substituents is 1. The molecular weight excluding hydrogens is 394 g/mol. The van der Waals surface area contributed by atoms with Gasteiger partial charge in [0, 0.05) is 47.8 Å². The molecule has 4 rings (SSSR count). The first-order valence-corrected chi connectivity index (χ1v) is 10.0. The first-order valence-electron chi connectivity index (χ1n) is 10.0. The minimum Gasteiger partial charge on any atom is -0.294 e. The third-order valence-corrected chi connectivity index (χ3v) is 5.90. The predicted octanol–water partition coefficient (Wildman–Crippen LogP) is 4.63. The van der Waals surface area contributed by atoms with Crippen LogP contribution in [-0.4, -0.2) is 16.6 Å². The van der Waals surface area contributed by atoms with Crippen molar-refractivity contribution in [3.8, 4) is 6.07 Å². The summed E-state index contributed by atoms with van der Waals surface area (Å²) in [5.74, 6) is -0.570. The van der Waals surface area contributed by atoms with Crippen LogP contribution >= 0.6 is 0 Å². The minimum absolute atomic E-state index is 0.000692. The highest BCUT2D eigenvalue weighted by Gasteiger charge is 2.44. The number of carbonyl (C=O) groups is 2. The fourth-order valence-electron chi connectivity index (χ4n) is 4.51. The molecule has 7 nitrogen and oxygen atoms in total. The van der Waals surface area contributed by atoms with Crippen LogP contribution in [0.25, 0.3) is 0 Å². The standard InChI is InChI=1S/C24H21N3O4/c1-24(2)12-20-23(21(28)13-24)19(16-5-9-18(10-6-16)27(30)31)11-22(29)26(20)17-7-3-15(14-25)4-8-17/h3-10,19H,11-13H2,1-2H3. The summed E-state index contributed by atoms with van der Waals surface area (Å²) in [5, 5.41) is 20.1. The number of rotatable bonds is 3. The number of anilines is 1. The first-order chi connectivity index (χ1) is 14.7. The Balaban J connectivity index is 1.84. The van der Waals surface area contributed by atoms with Gasteiger partial charge in [0.2, 0.25) is 5.91 Å². The van der Waals surface area contributed by atoms with Gasteiger partial charge in [0.25, 0.3) is 5.69 Å². The Morgan fingerprint density at radius 3 is 2.29 bits per heavy atom. The van der Waals surface area contributed by atoms with Gasteiger partial charge in [-0.15, -0.1) is 0 Å². The molecule has 0 saturated heterocycles. The van der Waals surface area contributed by atoms with E-state index in [9.17, 15) is 19.7 Å². The molecule has 2 aromatic rings. The number of carbonyl (C=O) groups excluding carboxylic acids is 2. The molecule has 0 spiro atoms. The van der Waals surface area contributed by atoms with Gasteiger partial charge in [-0.3, -0.25) is 24.6 Å². The number of benzene rings is 2. The van der Waals surface area contributed by atoms with Crippen molar-refractivity contribution < 1.29 is 14.5 Å². The first kappa shape index (κ1) is 20.5. The van der Waals surface area contributed by atoms with E-state index in [-0.39, 0.29) is 29.2 Å². The van der Waals surface area contributed by atoms with Gasteiger partial charge in [0.1, 0.15) is 0 Å². The zero-order valence-corrected chi connectivity index (χ0v) is 17.3. The quantitative estimate of drug-likeness (QED) is 0.537. The number of allylic oxidation sites excluding steroid dienone is 2. The third kappa shape index (κ3) is 3.73. The molecule has 1 aliphatic carbocycles. The second kappa shape index (κ2) is 7.47. The maximum atomic E-state index is 13.3. The molecule has 0 aromatic heterocycles. The molecule has 2 aromatic carbocycles. The fraction of sp³-hybridized carbons (Fsp3) is 0.292. The number of nitriles is 1. The Hall–Kier alpha value is -3.79. The molecule has 1 unspecified atom stereocenters. The average Bonchev–Trinajstić information content (AvgIpc) is 2.72. The van der Waals surface area contributed by atoms with Crippen LogP contribution in [0.3, 0.4) is 0 Å². The van der Waals surface area contributed by atoms with Gasteiger partial charge in [0.05, 0.1) is 16.6 Å². The number of hydrogen-bond donors (Lipinski definition) is 0. The summed E-state index contributed by atoms with van der Waals surface area (Å²) in [6, 6.07) is 14.9. The predicted molar refractivity (Wildman–Crippen MR) is 114 cm³/mol. The molecule has 0 fully saturated rings. The lowest BCUT2D eigenvalue weighted by Gasteiger charge is -2.43. The summed E-state index contributed by atoms with van der Waals surface area (Å²) < 4.78 is 0. The fourth-order valence-corrected chi connectivity index (χ4v) is 4.51. The molecule has 0 saturated carbocycles. The molecule has 31 heavy (non-hydrogen) atoms. The Morgan fingerprint density at radius 2 is 1.71 bits per heavy atom. The lowest BCUT2D eigenvalue weighted by atomic mass is 9.69. The lowest BCUT2D eigenvalue weighted by molar-refractivity contribution is -0.384. The van der Waals surface area contributed by atoms with Crippen molar-refractivity contribution in [3.63, 3.8) is 0 Å². The average molecular weight is 415 g/mol. The molecule has 0 bridgehead atoms. The molecule has 1 aliphatic heterocycles. The molecule has 1 amide bonds. The van der Waals surface area contributed by atoms with Crippen LogP contribution < -0.4 is 4.90 Å². The van der Waals surface area contributed by atoms with E-state index in [0.717, 1.165) is 5.56 Å². The zero-order chi connectivity index (χ0) is 22.3. The van der Waals surface area contributed by atoms with Gasteiger partial charge in [-0.2, -0.15) is 5.26 Å². The summed E-state index contributed by atoms with van der Waals surface area (Å²) in [5.41, 5.74) is 2.81. The maximum Gasteiger partial charge on any atom is 0.269 e. The zero-order valence-electron chi connectivity index (χ0n) is 17.3. The third-order valence-electron chi connectivity index (χ3n) is 5.90. The Kier molecular flexibility index (Phi) is 4.94. The second-order valence-electron chi connectivity index (χ2n) is 8.79. The van der Waals surface area contributed by atoms with Crippen LogP contribution in [0.4, 0.5) is 11.4 Å². The monoisotopic (exact) mass is 415 g/mol. The Labute approximate surface area is 179 Å². The number of hydrogen-bond acceptors (Lipinski definition) is 5. The molecular formula is C24H21N3O4. The number of nitro benzene ring substituents is 1. The van der Waals surface area contributed by atoms with Crippen LogP contribution in [0.5, 0.6) is 0 Å². The van der Waals surface area contributed by atoms with Crippen LogP contribution in [0.1, 0.15) is 50.2 Å². The molecule has 1 heterocycles. The van der Waals surface area contributed by atoms with Gasteiger partial charge in [-0.25, -0.2) is 0 Å². The van der Waals surface area contributed by atoms with E-state index >= 15 is 0 Å².